The number of primary amides is 2. The Morgan fingerprint density at radius 3 is 2.54 bits per heavy atom. The SMILES string of the molecule is CN(CCC(N)=O)c1cc(N2CCCC(C(N)=O)C2)n2nc(-c3ccccc3Cl)c(-c3ccc(Cl)cc3)c2n1. The van der Waals surface area contributed by atoms with E-state index in [9.17, 15) is 9.59 Å². The van der Waals surface area contributed by atoms with Gasteiger partial charge in [-0.2, -0.15) is 9.61 Å². The van der Waals surface area contributed by atoms with Crippen LogP contribution in [0.2, 0.25) is 10.0 Å². The number of fused-ring (bicyclic) bond motifs is 1. The zero-order valence-corrected chi connectivity index (χ0v) is 23.0. The number of halogens is 2. The van der Waals surface area contributed by atoms with Crippen molar-refractivity contribution < 1.29 is 9.59 Å². The van der Waals surface area contributed by atoms with Gasteiger partial charge in [0.15, 0.2) is 5.65 Å². The maximum atomic E-state index is 12.1. The van der Waals surface area contributed by atoms with Crippen LogP contribution in [0.3, 0.4) is 0 Å². The van der Waals surface area contributed by atoms with Gasteiger partial charge in [-0.3, -0.25) is 9.59 Å². The first-order valence-corrected chi connectivity index (χ1v) is 13.5. The molecule has 0 saturated carbocycles. The normalized spacial score (nSPS) is 15.5. The van der Waals surface area contributed by atoms with Gasteiger partial charge in [0.1, 0.15) is 17.3 Å². The lowest BCUT2D eigenvalue weighted by Gasteiger charge is -2.33. The summed E-state index contributed by atoms with van der Waals surface area (Å²) in [4.78, 5) is 32.6. The fourth-order valence-corrected chi connectivity index (χ4v) is 5.30. The molecule has 1 saturated heterocycles. The first-order chi connectivity index (χ1) is 18.7. The average molecular weight is 566 g/mol. The predicted molar refractivity (Wildman–Crippen MR) is 155 cm³/mol. The minimum absolute atomic E-state index is 0.181. The van der Waals surface area contributed by atoms with Gasteiger partial charge in [-0.1, -0.05) is 53.5 Å². The van der Waals surface area contributed by atoms with Gasteiger partial charge < -0.3 is 21.3 Å². The summed E-state index contributed by atoms with van der Waals surface area (Å²) in [6.07, 6.45) is 1.73. The second-order valence-corrected chi connectivity index (χ2v) is 10.6. The summed E-state index contributed by atoms with van der Waals surface area (Å²) in [7, 11) is 1.86. The van der Waals surface area contributed by atoms with E-state index in [0.29, 0.717) is 40.3 Å². The molecule has 1 aliphatic heterocycles. The number of carbonyl (C=O) groups is 2. The summed E-state index contributed by atoms with van der Waals surface area (Å²) in [6, 6.07) is 17.0. The van der Waals surface area contributed by atoms with Crippen LogP contribution in [0.1, 0.15) is 19.3 Å². The number of hydrogen-bond donors (Lipinski definition) is 2. The number of anilines is 2. The molecule has 5 rings (SSSR count). The van der Waals surface area contributed by atoms with Crippen molar-refractivity contribution in [3.63, 3.8) is 0 Å². The van der Waals surface area contributed by atoms with Crippen molar-refractivity contribution in [1.29, 1.82) is 0 Å². The number of nitrogens with two attached hydrogens (primary N) is 2. The largest absolute Gasteiger partial charge is 0.370 e. The van der Waals surface area contributed by atoms with Crippen LogP contribution in [0.25, 0.3) is 28.0 Å². The lowest BCUT2D eigenvalue weighted by Crippen LogP contribution is -2.42. The second-order valence-electron chi connectivity index (χ2n) is 9.74. The molecule has 202 valence electrons. The Morgan fingerprint density at radius 1 is 1.10 bits per heavy atom. The number of piperidine rings is 1. The van der Waals surface area contributed by atoms with Crippen LogP contribution in [-0.2, 0) is 9.59 Å². The van der Waals surface area contributed by atoms with Crippen molar-refractivity contribution in [2.75, 3.05) is 36.5 Å². The Labute approximate surface area is 236 Å². The molecular formula is C28H29Cl2N7O2. The molecule has 11 heteroatoms. The zero-order valence-electron chi connectivity index (χ0n) is 21.5. The molecule has 0 spiro atoms. The number of aromatic nitrogens is 3. The molecule has 4 N–H and O–H groups in total. The molecule has 2 aromatic heterocycles. The molecular weight excluding hydrogens is 537 g/mol. The molecule has 1 unspecified atom stereocenters. The Bertz CT molecular complexity index is 1540. The van der Waals surface area contributed by atoms with Crippen molar-refractivity contribution in [2.24, 2.45) is 17.4 Å². The van der Waals surface area contributed by atoms with Crippen molar-refractivity contribution in [2.45, 2.75) is 19.3 Å². The van der Waals surface area contributed by atoms with Crippen molar-refractivity contribution in [3.05, 3.63) is 64.6 Å². The summed E-state index contributed by atoms with van der Waals surface area (Å²) in [6.45, 7) is 1.59. The smallest absolute Gasteiger partial charge is 0.222 e. The average Bonchev–Trinajstić information content (AvgIpc) is 3.31. The predicted octanol–water partition coefficient (Wildman–Crippen LogP) is 4.38. The van der Waals surface area contributed by atoms with E-state index >= 15 is 0 Å². The summed E-state index contributed by atoms with van der Waals surface area (Å²) < 4.78 is 1.80. The van der Waals surface area contributed by atoms with Crippen LogP contribution in [0.15, 0.2) is 54.6 Å². The Hall–Kier alpha value is -3.82. The zero-order chi connectivity index (χ0) is 27.7. The molecule has 2 aromatic carbocycles. The molecule has 9 nitrogen and oxygen atoms in total. The Balaban J connectivity index is 1.78. The van der Waals surface area contributed by atoms with Crippen molar-refractivity contribution in [1.82, 2.24) is 14.6 Å². The van der Waals surface area contributed by atoms with Gasteiger partial charge in [-0.25, -0.2) is 4.98 Å². The van der Waals surface area contributed by atoms with E-state index in [-0.39, 0.29) is 18.2 Å². The standard InChI is InChI=1S/C28H29Cl2N7O2/c1-35(14-12-22(31)38)23-15-24(36-13-4-5-18(16-36)27(32)39)37-28(33-23)25(17-8-10-19(29)11-9-17)26(34-37)20-6-2-3-7-21(20)30/h2-3,6-11,15,18H,4-5,12-14,16H2,1H3,(H2,31,38)(H2,32,39). The van der Waals surface area contributed by atoms with Gasteiger partial charge in [-0.05, 0) is 36.6 Å². The second kappa shape index (κ2) is 11.1. The number of amides is 2. The summed E-state index contributed by atoms with van der Waals surface area (Å²) in [5.74, 6) is 0.423. The maximum Gasteiger partial charge on any atom is 0.222 e. The highest BCUT2D eigenvalue weighted by molar-refractivity contribution is 6.33. The van der Waals surface area contributed by atoms with Crippen LogP contribution in [0, 0.1) is 5.92 Å². The van der Waals surface area contributed by atoms with E-state index in [1.165, 1.54) is 0 Å². The van der Waals surface area contributed by atoms with Gasteiger partial charge in [0, 0.05) is 49.8 Å². The number of hydrogen-bond acceptors (Lipinski definition) is 6. The fraction of sp³-hybridized carbons (Fsp3) is 0.286. The van der Waals surface area contributed by atoms with Gasteiger partial charge in [0.2, 0.25) is 11.8 Å². The number of rotatable bonds is 8. The third kappa shape index (κ3) is 5.51. The Kier molecular flexibility index (Phi) is 7.63. The van der Waals surface area contributed by atoms with Gasteiger partial charge in [0.05, 0.1) is 16.5 Å². The van der Waals surface area contributed by atoms with Crippen LogP contribution < -0.4 is 21.3 Å². The van der Waals surface area contributed by atoms with E-state index in [0.717, 1.165) is 41.9 Å². The molecule has 39 heavy (non-hydrogen) atoms. The quantitative estimate of drug-likeness (QED) is 0.326. The Morgan fingerprint density at radius 2 is 1.85 bits per heavy atom. The minimum Gasteiger partial charge on any atom is -0.370 e. The summed E-state index contributed by atoms with van der Waals surface area (Å²) in [5.41, 5.74) is 14.8. The lowest BCUT2D eigenvalue weighted by molar-refractivity contribution is -0.122. The van der Waals surface area contributed by atoms with Crippen LogP contribution in [0.5, 0.6) is 0 Å². The summed E-state index contributed by atoms with van der Waals surface area (Å²) in [5, 5.41) is 6.22. The number of nitrogens with zero attached hydrogens (tertiary/aromatic N) is 5. The molecule has 1 fully saturated rings. The highest BCUT2D eigenvalue weighted by atomic mass is 35.5. The number of benzene rings is 2. The van der Waals surface area contributed by atoms with E-state index in [1.54, 1.807) is 4.52 Å². The first kappa shape index (κ1) is 26.8. The molecule has 0 bridgehead atoms. The molecule has 3 heterocycles. The highest BCUT2D eigenvalue weighted by Crippen LogP contribution is 2.40. The van der Waals surface area contributed by atoms with Gasteiger partial charge >= 0.3 is 0 Å². The van der Waals surface area contributed by atoms with Crippen molar-refractivity contribution >= 4 is 52.3 Å². The molecule has 0 radical (unpaired) electrons. The van der Waals surface area contributed by atoms with Gasteiger partial charge in [0.25, 0.3) is 0 Å². The first-order valence-electron chi connectivity index (χ1n) is 12.7. The lowest BCUT2D eigenvalue weighted by atomic mass is 9.97. The van der Waals surface area contributed by atoms with Crippen LogP contribution in [0.4, 0.5) is 11.6 Å². The molecule has 1 atom stereocenters. The monoisotopic (exact) mass is 565 g/mol. The third-order valence-corrected chi connectivity index (χ3v) is 7.63. The van der Waals surface area contributed by atoms with Crippen molar-refractivity contribution in [3.8, 4) is 22.4 Å². The maximum absolute atomic E-state index is 12.1. The number of carbonyl (C=O) groups excluding carboxylic acids is 2. The molecule has 1 aliphatic rings. The van der Waals surface area contributed by atoms with E-state index in [2.05, 4.69) is 4.90 Å². The van der Waals surface area contributed by atoms with E-state index < -0.39 is 5.91 Å². The van der Waals surface area contributed by atoms with E-state index in [1.807, 2.05) is 66.5 Å². The van der Waals surface area contributed by atoms with Crippen LogP contribution >= 0.6 is 23.2 Å². The van der Waals surface area contributed by atoms with E-state index in [4.69, 9.17) is 44.8 Å². The van der Waals surface area contributed by atoms with Gasteiger partial charge in [-0.15, -0.1) is 0 Å². The van der Waals surface area contributed by atoms with Crippen LogP contribution in [-0.4, -0.2) is 53.1 Å². The minimum atomic E-state index is -0.393. The molecule has 4 aromatic rings. The fourth-order valence-electron chi connectivity index (χ4n) is 4.94. The molecule has 0 aliphatic carbocycles. The topological polar surface area (TPSA) is 123 Å². The third-order valence-electron chi connectivity index (χ3n) is 7.05. The molecule has 2 amide bonds. The summed E-state index contributed by atoms with van der Waals surface area (Å²) >= 11 is 12.9. The highest BCUT2D eigenvalue weighted by Gasteiger charge is 2.29.